The zero-order valence-electron chi connectivity index (χ0n) is 2.83. The van der Waals surface area contributed by atoms with Crippen LogP contribution in [0.5, 0.6) is 0 Å². The summed E-state index contributed by atoms with van der Waals surface area (Å²) >= 11 is -5.52. The van der Waals surface area contributed by atoms with Crippen LogP contribution in [-0.4, -0.2) is 7.52 Å². The molecule has 0 saturated carbocycles. The molecule has 0 amide bonds. The Labute approximate surface area is 41.5 Å². The number of hydrogen-bond donors (Lipinski definition) is 2. The molecule has 0 radical (unpaired) electrons. The molecule has 0 aliphatic rings. The molecule has 0 aromatic heterocycles. The average Bonchev–Trinajstić information content (AvgIpc) is 0.722. The monoisotopic (exact) mass is 198 g/mol. The first kappa shape index (κ1) is 9.81. The van der Waals surface area contributed by atoms with E-state index in [1.165, 1.54) is 0 Å². The van der Waals surface area contributed by atoms with Gasteiger partial charge in [0, 0.05) is 0 Å². The van der Waals surface area contributed by atoms with Crippen molar-refractivity contribution in [3.05, 3.63) is 0 Å². The van der Waals surface area contributed by atoms with Gasteiger partial charge in [0.15, 0.2) is 0 Å². The normalized spacial score (nSPS) is 9.67. The second-order valence-electron chi connectivity index (χ2n) is 0.448. The Morgan fingerprint density at radius 2 is 1.17 bits per heavy atom. The van der Waals surface area contributed by atoms with E-state index in [1.54, 1.807) is 0 Å². The van der Waals surface area contributed by atoms with Gasteiger partial charge in [-0.2, -0.15) is 9.90 Å². The van der Waals surface area contributed by atoms with Gasteiger partial charge in [-0.3, -0.25) is 0 Å². The molecule has 2 N–H and O–H groups in total. The van der Waals surface area contributed by atoms with Crippen molar-refractivity contribution < 1.29 is 31.1 Å². The van der Waals surface area contributed by atoms with Crippen LogP contribution in [0.15, 0.2) is 0 Å². The first-order chi connectivity index (χ1) is 2.00. The van der Waals surface area contributed by atoms with Crippen LogP contribution in [-0.2, 0) is 23.5 Å². The molecule has 0 heterocycles. The van der Waals surface area contributed by atoms with Gasteiger partial charge in [-0.15, -0.1) is 0 Å². The van der Waals surface area contributed by atoms with Crippen molar-refractivity contribution in [2.75, 3.05) is 0 Å². The van der Waals surface area contributed by atoms with Gasteiger partial charge in [-0.25, -0.2) is 0 Å². The van der Waals surface area contributed by atoms with E-state index >= 15 is 0 Å². The van der Waals surface area contributed by atoms with Crippen LogP contribution >= 0.6 is 9.90 Å². The summed E-state index contributed by atoms with van der Waals surface area (Å²) in [6.45, 7) is 0. The first-order valence-corrected chi connectivity index (χ1v) is 4.13. The van der Waals surface area contributed by atoms with Crippen molar-refractivity contribution in [3.8, 4) is 0 Å². The van der Waals surface area contributed by atoms with Gasteiger partial charge in [0.25, 0.3) is 0 Å². The molecule has 0 rings (SSSR count). The van der Waals surface area contributed by atoms with E-state index in [-0.39, 0.29) is 9.90 Å². The van der Waals surface area contributed by atoms with Crippen molar-refractivity contribution in [2.24, 2.45) is 0 Å². The predicted octanol–water partition coefficient (Wildman–Crippen LogP) is -1.30. The molecule has 0 aliphatic carbocycles. The minimum atomic E-state index is -5.52. The van der Waals surface area contributed by atoms with Gasteiger partial charge in [0.05, 0.1) is 0 Å². The Morgan fingerprint density at radius 1 is 1.17 bits per heavy atom. The molecule has 0 saturated heterocycles. The maximum atomic E-state index is 8.85. The summed E-state index contributed by atoms with van der Waals surface area (Å²) in [6.07, 6.45) is 0. The van der Waals surface area contributed by atoms with E-state index in [4.69, 9.17) is 14.3 Å². The van der Waals surface area contributed by atoms with Crippen molar-refractivity contribution >= 4 is 9.90 Å². The van der Waals surface area contributed by atoms with E-state index in [1.807, 2.05) is 0 Å². The van der Waals surface area contributed by atoms with E-state index in [0.29, 0.717) is 0 Å². The van der Waals surface area contributed by atoms with E-state index in [0.717, 1.165) is 0 Å². The molecule has 0 fully saturated rings. The molecule has 0 aliphatic heterocycles. The number of hydrogen-bond acceptors (Lipinski definition) is 2. The van der Waals surface area contributed by atoms with Crippen LogP contribution in [0.1, 0.15) is 0 Å². The Kier molecular flexibility index (Phi) is 4.50. The molecule has 0 bridgehead atoms. The summed E-state index contributed by atoms with van der Waals surface area (Å²) in [5.74, 6) is 0. The summed E-state index contributed by atoms with van der Waals surface area (Å²) in [5, 5.41) is 0. The van der Waals surface area contributed by atoms with Gasteiger partial charge in [0.2, 0.25) is 0 Å². The molecule has 0 aromatic rings. The molecule has 1 atom stereocenters. The van der Waals surface area contributed by atoms with E-state index in [9.17, 15) is 0 Å². The Morgan fingerprint density at radius 3 is 1.17 bits per heavy atom. The molecule has 4 nitrogen and oxygen atoms in total. The zero-order valence-corrected chi connectivity index (χ0v) is 6.25. The molecular weight excluding hydrogens is 191 g/mol. The fourth-order valence-electron chi connectivity index (χ4n) is 0. The van der Waals surface area contributed by atoms with Crippen molar-refractivity contribution in [1.29, 1.82) is 0 Å². The van der Waals surface area contributed by atoms with E-state index < -0.39 is 16.7 Å². The third kappa shape index (κ3) is 151. The summed E-state index contributed by atoms with van der Waals surface area (Å²) in [4.78, 5) is 0. The molecule has 6 heavy (non-hydrogen) atoms. The molecule has 0 spiro atoms. The third-order valence-electron chi connectivity index (χ3n) is 0. The van der Waals surface area contributed by atoms with Crippen molar-refractivity contribution in [3.63, 3.8) is 0 Å². The van der Waals surface area contributed by atoms with E-state index in [2.05, 4.69) is 0 Å². The van der Waals surface area contributed by atoms with Crippen LogP contribution < -0.4 is 0 Å². The van der Waals surface area contributed by atoms with Crippen LogP contribution in [0.2, 0.25) is 0 Å². The predicted molar refractivity (Wildman–Crippen MR) is 16.9 cm³/mol. The summed E-state index contributed by atoms with van der Waals surface area (Å²) < 4.78 is 32.0. The minimum absolute atomic E-state index is 0. The molecule has 1 unspecified atom stereocenters. The second-order valence-corrected chi connectivity index (χ2v) is 2.65. The maximum absolute atomic E-state index is 8.85. The van der Waals surface area contributed by atoms with Gasteiger partial charge in [-0.1, -0.05) is 0 Å². The SMILES string of the molecule is P.[O]=[Mo](=[O])([OH])[OH]. The fraction of sp³-hybridized carbons (Fsp3) is 0. The van der Waals surface area contributed by atoms with Crippen LogP contribution in [0, 0.1) is 0 Å². The average molecular weight is 196 g/mol. The Hall–Kier alpha value is 0.638. The van der Waals surface area contributed by atoms with Crippen LogP contribution in [0.4, 0.5) is 0 Å². The topological polar surface area (TPSA) is 74.6 Å². The zero-order chi connectivity index (χ0) is 4.50. The van der Waals surface area contributed by atoms with Crippen molar-refractivity contribution in [2.45, 2.75) is 0 Å². The standard InChI is InChI=1S/Mo.2H2O.2O.H3P/h;2*1H2;;;1H3/q+2;;;;;/p-2. The summed E-state index contributed by atoms with van der Waals surface area (Å²) in [7, 11) is 0. The molecular formula is H5MoO4P. The summed E-state index contributed by atoms with van der Waals surface area (Å²) in [5.41, 5.74) is 0. The third-order valence-corrected chi connectivity index (χ3v) is 0. The van der Waals surface area contributed by atoms with Gasteiger partial charge < -0.3 is 0 Å². The second kappa shape index (κ2) is 2.75. The van der Waals surface area contributed by atoms with Gasteiger partial charge >= 0.3 is 31.1 Å². The number of rotatable bonds is 0. The quantitative estimate of drug-likeness (QED) is 0.373. The molecule has 0 aromatic carbocycles. The van der Waals surface area contributed by atoms with Crippen molar-refractivity contribution in [1.82, 2.24) is 0 Å². The van der Waals surface area contributed by atoms with Gasteiger partial charge in [0.1, 0.15) is 0 Å². The first-order valence-electron chi connectivity index (χ1n) is 0.698. The molecule has 6 heteroatoms. The fourth-order valence-corrected chi connectivity index (χ4v) is 0. The Bertz CT molecular complexity index is 90.7. The van der Waals surface area contributed by atoms with Crippen LogP contribution in [0.3, 0.4) is 0 Å². The summed E-state index contributed by atoms with van der Waals surface area (Å²) in [6, 6.07) is 0. The van der Waals surface area contributed by atoms with Gasteiger partial charge in [-0.05, 0) is 0 Å². The van der Waals surface area contributed by atoms with Crippen LogP contribution in [0.25, 0.3) is 0 Å². The Balaban J connectivity index is 0. The molecule has 40 valence electrons.